The second kappa shape index (κ2) is 8.05. The zero-order valence-electron chi connectivity index (χ0n) is 10.7. The van der Waals surface area contributed by atoms with Gasteiger partial charge in [-0.3, -0.25) is 9.63 Å². The van der Waals surface area contributed by atoms with Gasteiger partial charge in [-0.25, -0.2) is 5.06 Å². The van der Waals surface area contributed by atoms with Crippen molar-refractivity contribution in [2.75, 3.05) is 13.2 Å². The Bertz CT molecular complexity index is 266. The highest BCUT2D eigenvalue weighted by molar-refractivity contribution is 6.01. The Balaban J connectivity index is 4.74. The van der Waals surface area contributed by atoms with Gasteiger partial charge in [0.05, 0.1) is 6.61 Å². The molecule has 0 unspecified atom stereocenters. The van der Waals surface area contributed by atoms with E-state index in [1.54, 1.807) is 13.0 Å². The van der Waals surface area contributed by atoms with Crippen LogP contribution in [0.15, 0.2) is 11.6 Å². The van der Waals surface area contributed by atoms with Gasteiger partial charge in [-0.2, -0.15) is 0 Å². The van der Waals surface area contributed by atoms with E-state index < -0.39 is 0 Å². The van der Waals surface area contributed by atoms with E-state index in [4.69, 9.17) is 10.2 Å². The molecule has 0 saturated carbocycles. The molecular formula is C12H22N2O2. The summed E-state index contributed by atoms with van der Waals surface area (Å²) in [5, 5.41) is 8.77. The molecule has 0 aromatic carbocycles. The van der Waals surface area contributed by atoms with E-state index in [0.29, 0.717) is 30.9 Å². The van der Waals surface area contributed by atoms with Crippen LogP contribution in [-0.4, -0.2) is 29.8 Å². The SMILES string of the molecule is CCCN(OCC)C(=O)/C(=C/C(C)=N)CC. The number of allylic oxidation sites excluding steroid dienone is 1. The molecule has 92 valence electrons. The molecule has 0 radical (unpaired) electrons. The quantitative estimate of drug-likeness (QED) is 0.412. The third-order valence-corrected chi connectivity index (χ3v) is 1.98. The number of hydrogen-bond acceptors (Lipinski definition) is 3. The molecule has 1 N–H and O–H groups in total. The Morgan fingerprint density at radius 2 is 2.00 bits per heavy atom. The van der Waals surface area contributed by atoms with Gasteiger partial charge in [-0.05, 0) is 32.8 Å². The number of amides is 1. The first-order chi connectivity index (χ1) is 7.56. The molecule has 0 aromatic heterocycles. The van der Waals surface area contributed by atoms with Crippen LogP contribution in [0.4, 0.5) is 0 Å². The van der Waals surface area contributed by atoms with Crippen LogP contribution in [-0.2, 0) is 9.63 Å². The van der Waals surface area contributed by atoms with Crippen molar-refractivity contribution in [2.45, 2.75) is 40.5 Å². The van der Waals surface area contributed by atoms with Crippen LogP contribution < -0.4 is 0 Å². The highest BCUT2D eigenvalue weighted by atomic mass is 16.7. The largest absolute Gasteiger partial charge is 0.306 e. The van der Waals surface area contributed by atoms with Crippen LogP contribution in [0.3, 0.4) is 0 Å². The molecule has 4 nitrogen and oxygen atoms in total. The van der Waals surface area contributed by atoms with Crippen molar-refractivity contribution in [2.24, 2.45) is 0 Å². The van der Waals surface area contributed by atoms with Crippen LogP contribution in [0.1, 0.15) is 40.5 Å². The molecule has 0 bridgehead atoms. The van der Waals surface area contributed by atoms with Gasteiger partial charge in [0.25, 0.3) is 5.91 Å². The summed E-state index contributed by atoms with van der Waals surface area (Å²) in [5.74, 6) is -0.127. The van der Waals surface area contributed by atoms with E-state index in [1.165, 1.54) is 5.06 Å². The number of carbonyl (C=O) groups is 1. The maximum Gasteiger partial charge on any atom is 0.273 e. The number of hydrogen-bond donors (Lipinski definition) is 1. The summed E-state index contributed by atoms with van der Waals surface area (Å²) in [4.78, 5) is 17.3. The van der Waals surface area contributed by atoms with Gasteiger partial charge < -0.3 is 5.41 Å². The topological polar surface area (TPSA) is 53.4 Å². The first kappa shape index (κ1) is 14.8. The predicted octanol–water partition coefficient (Wildman–Crippen LogP) is 2.55. The number of nitrogens with zero attached hydrogens (tertiary/aromatic N) is 1. The van der Waals surface area contributed by atoms with E-state index in [9.17, 15) is 4.79 Å². The molecular weight excluding hydrogens is 204 g/mol. The Kier molecular flexibility index (Phi) is 7.46. The van der Waals surface area contributed by atoms with Crippen LogP contribution in [0.5, 0.6) is 0 Å². The lowest BCUT2D eigenvalue weighted by atomic mass is 10.1. The highest BCUT2D eigenvalue weighted by Gasteiger charge is 2.16. The minimum absolute atomic E-state index is 0.127. The summed E-state index contributed by atoms with van der Waals surface area (Å²) in [6.07, 6.45) is 3.07. The first-order valence-corrected chi connectivity index (χ1v) is 5.77. The van der Waals surface area contributed by atoms with Gasteiger partial charge in [0.2, 0.25) is 0 Å². The van der Waals surface area contributed by atoms with Gasteiger partial charge in [0.15, 0.2) is 0 Å². The third-order valence-electron chi connectivity index (χ3n) is 1.98. The van der Waals surface area contributed by atoms with Gasteiger partial charge in [0, 0.05) is 17.8 Å². The Labute approximate surface area is 97.7 Å². The standard InChI is InChI=1S/C12H22N2O2/c1-5-8-14(16-7-3)12(15)11(6-2)9-10(4)13/h9,13H,5-8H2,1-4H3/b11-9+,13-10?. The minimum atomic E-state index is -0.127. The average molecular weight is 226 g/mol. The second-order valence-corrected chi connectivity index (χ2v) is 3.53. The number of carbonyl (C=O) groups excluding carboxylic acids is 1. The molecule has 16 heavy (non-hydrogen) atoms. The fourth-order valence-electron chi connectivity index (χ4n) is 1.32. The Hall–Kier alpha value is -1.16. The van der Waals surface area contributed by atoms with Crippen LogP contribution in [0, 0.1) is 5.41 Å². The normalized spacial score (nSPS) is 11.4. The maximum atomic E-state index is 12.0. The fraction of sp³-hybridized carbons (Fsp3) is 0.667. The summed E-state index contributed by atoms with van der Waals surface area (Å²) in [5.41, 5.74) is 1.01. The van der Waals surface area contributed by atoms with Gasteiger partial charge in [-0.15, -0.1) is 0 Å². The van der Waals surface area contributed by atoms with E-state index in [2.05, 4.69) is 0 Å². The fourth-order valence-corrected chi connectivity index (χ4v) is 1.32. The molecule has 0 aliphatic carbocycles. The van der Waals surface area contributed by atoms with E-state index in [1.807, 2.05) is 20.8 Å². The molecule has 0 aliphatic heterocycles. The second-order valence-electron chi connectivity index (χ2n) is 3.53. The molecule has 4 heteroatoms. The maximum absolute atomic E-state index is 12.0. The summed E-state index contributed by atoms with van der Waals surface area (Å²) in [6, 6.07) is 0. The molecule has 0 saturated heterocycles. The molecule has 0 spiro atoms. The van der Waals surface area contributed by atoms with E-state index in [-0.39, 0.29) is 5.91 Å². The van der Waals surface area contributed by atoms with Crippen molar-refractivity contribution in [3.63, 3.8) is 0 Å². The van der Waals surface area contributed by atoms with E-state index >= 15 is 0 Å². The highest BCUT2D eigenvalue weighted by Crippen LogP contribution is 2.08. The molecule has 0 atom stereocenters. The van der Waals surface area contributed by atoms with E-state index in [0.717, 1.165) is 6.42 Å². The Morgan fingerprint density at radius 3 is 2.38 bits per heavy atom. The molecule has 0 aromatic rings. The molecule has 1 amide bonds. The van der Waals surface area contributed by atoms with Crippen molar-refractivity contribution in [3.8, 4) is 0 Å². The third kappa shape index (κ3) is 5.07. The van der Waals surface area contributed by atoms with Crippen LogP contribution in [0.25, 0.3) is 0 Å². The van der Waals surface area contributed by atoms with Gasteiger partial charge in [-0.1, -0.05) is 13.8 Å². The van der Waals surface area contributed by atoms with Crippen molar-refractivity contribution < 1.29 is 9.63 Å². The predicted molar refractivity (Wildman–Crippen MR) is 65.4 cm³/mol. The van der Waals surface area contributed by atoms with Crippen molar-refractivity contribution >= 4 is 11.6 Å². The van der Waals surface area contributed by atoms with Crippen molar-refractivity contribution in [1.82, 2.24) is 5.06 Å². The summed E-state index contributed by atoms with van der Waals surface area (Å²) >= 11 is 0. The van der Waals surface area contributed by atoms with Gasteiger partial charge >= 0.3 is 0 Å². The average Bonchev–Trinajstić information content (AvgIpc) is 2.24. The lowest BCUT2D eigenvalue weighted by molar-refractivity contribution is -0.180. The number of nitrogens with one attached hydrogen (secondary N) is 1. The van der Waals surface area contributed by atoms with Crippen molar-refractivity contribution in [3.05, 3.63) is 11.6 Å². The van der Waals surface area contributed by atoms with Crippen LogP contribution >= 0.6 is 0 Å². The minimum Gasteiger partial charge on any atom is -0.306 e. The van der Waals surface area contributed by atoms with Gasteiger partial charge in [0.1, 0.15) is 0 Å². The lowest BCUT2D eigenvalue weighted by Gasteiger charge is -2.21. The molecule has 0 fully saturated rings. The molecule has 0 heterocycles. The first-order valence-electron chi connectivity index (χ1n) is 5.77. The zero-order chi connectivity index (χ0) is 12.6. The van der Waals surface area contributed by atoms with Crippen molar-refractivity contribution in [1.29, 1.82) is 5.41 Å². The zero-order valence-corrected chi connectivity index (χ0v) is 10.7. The smallest absolute Gasteiger partial charge is 0.273 e. The summed E-state index contributed by atoms with van der Waals surface area (Å²) < 4.78 is 0. The summed E-state index contributed by atoms with van der Waals surface area (Å²) in [7, 11) is 0. The molecule has 0 rings (SSSR count). The molecule has 0 aliphatic rings. The lowest BCUT2D eigenvalue weighted by Crippen LogP contribution is -2.33. The summed E-state index contributed by atoms with van der Waals surface area (Å²) in [6.45, 7) is 8.48. The number of rotatable bonds is 7. The monoisotopic (exact) mass is 226 g/mol. The number of hydroxylamine groups is 2. The van der Waals surface area contributed by atoms with Crippen LogP contribution in [0.2, 0.25) is 0 Å². The Morgan fingerprint density at radius 1 is 1.38 bits per heavy atom.